The van der Waals surface area contributed by atoms with Crippen molar-refractivity contribution < 1.29 is 4.74 Å². The Morgan fingerprint density at radius 1 is 1.29 bits per heavy atom. The van der Waals surface area contributed by atoms with Crippen LogP contribution >= 0.6 is 0 Å². The first-order valence-corrected chi connectivity index (χ1v) is 6.43. The van der Waals surface area contributed by atoms with Crippen LogP contribution in [-0.2, 0) is 0 Å². The van der Waals surface area contributed by atoms with Crippen molar-refractivity contribution >= 4 is 5.57 Å². The normalized spacial score (nSPS) is 20.5. The number of methoxy groups -OCH3 is 1. The maximum atomic E-state index is 5.44. The summed E-state index contributed by atoms with van der Waals surface area (Å²) in [5.41, 5.74) is 5.59. The summed E-state index contributed by atoms with van der Waals surface area (Å²) in [6.07, 6.45) is 3.55. The molecule has 1 heteroatoms. The first-order valence-electron chi connectivity index (χ1n) is 6.43. The monoisotopic (exact) mass is 233 g/mol. The second-order valence-electron chi connectivity index (χ2n) is 5.36. The molecule has 1 nitrogen and oxygen atoms in total. The van der Waals surface area contributed by atoms with E-state index in [1.807, 2.05) is 0 Å². The van der Waals surface area contributed by atoms with Gasteiger partial charge in [0.25, 0.3) is 0 Å². The fourth-order valence-corrected chi connectivity index (χ4v) is 2.67. The van der Waals surface area contributed by atoms with E-state index < -0.39 is 0 Å². The molecule has 1 aliphatic carbocycles. The summed E-state index contributed by atoms with van der Waals surface area (Å²) in [5, 5.41) is 0. The molecule has 0 bridgehead atoms. The summed E-state index contributed by atoms with van der Waals surface area (Å²) in [7, 11) is 1.75. The van der Waals surface area contributed by atoms with Crippen LogP contribution in [0.5, 0.6) is 5.75 Å². The molecule has 2 rings (SSSR count). The maximum Gasteiger partial charge on any atom is 0.122 e. The molecule has 0 fully saturated rings. The van der Waals surface area contributed by atoms with Gasteiger partial charge in [-0.3, -0.25) is 0 Å². The van der Waals surface area contributed by atoms with E-state index in [1.165, 1.54) is 22.3 Å². The van der Waals surface area contributed by atoms with Gasteiger partial charge in [-0.1, -0.05) is 26.8 Å². The summed E-state index contributed by atoms with van der Waals surface area (Å²) in [5.74, 6) is 2.21. The van der Waals surface area contributed by atoms with Crippen LogP contribution in [0.3, 0.4) is 0 Å². The van der Waals surface area contributed by atoms with Crippen LogP contribution in [0.25, 0.3) is 5.57 Å². The lowest BCUT2D eigenvalue weighted by atomic mass is 9.87. The average molecular weight is 233 g/mol. The molecule has 1 aliphatic rings. The molecule has 17 heavy (non-hydrogen) atoms. The molecule has 1 aromatic rings. The van der Waals surface area contributed by atoms with Crippen molar-refractivity contribution in [3.05, 3.63) is 34.9 Å². The standard InChI is InChI=1S/C16H22O/c1-10(2)13-7-6-11(3)14-9-16(17-5)12(4)8-15(13)14/h7-11H,6H2,1-5H3/i1+1,6+1,16+1. The molecule has 0 N–H and O–H groups in total. The zero-order chi connectivity index (χ0) is 12.6. The number of aryl methyl sites for hydroxylation is 1. The Labute approximate surface area is 104 Å². The summed E-state index contributed by atoms with van der Waals surface area (Å²) < 4.78 is 5.44. The van der Waals surface area contributed by atoms with Crippen molar-refractivity contribution in [1.82, 2.24) is 0 Å². The largest absolute Gasteiger partial charge is 0.496 e. The minimum absolute atomic E-state index is 0.592. The first-order chi connectivity index (χ1) is 8.04. The number of fused-ring (bicyclic) bond motifs is 1. The zero-order valence-electron chi connectivity index (χ0n) is 11.5. The van der Waals surface area contributed by atoms with Gasteiger partial charge in [0, 0.05) is 0 Å². The van der Waals surface area contributed by atoms with E-state index in [-0.39, 0.29) is 0 Å². The molecular weight excluding hydrogens is 211 g/mol. The van der Waals surface area contributed by atoms with E-state index in [0.29, 0.717) is 11.8 Å². The van der Waals surface area contributed by atoms with Gasteiger partial charge in [0.1, 0.15) is 5.75 Å². The number of ether oxygens (including phenoxy) is 1. The summed E-state index contributed by atoms with van der Waals surface area (Å²) in [6.45, 7) is 8.95. The van der Waals surface area contributed by atoms with Crippen LogP contribution in [0, 0.1) is 12.8 Å². The fourth-order valence-electron chi connectivity index (χ4n) is 2.67. The van der Waals surface area contributed by atoms with Crippen LogP contribution in [0.1, 0.15) is 49.8 Å². The van der Waals surface area contributed by atoms with Gasteiger partial charge in [-0.15, -0.1) is 0 Å². The first kappa shape index (κ1) is 12.2. The zero-order valence-corrected chi connectivity index (χ0v) is 11.5. The van der Waals surface area contributed by atoms with E-state index in [9.17, 15) is 0 Å². The topological polar surface area (TPSA) is 9.23 Å². The smallest absolute Gasteiger partial charge is 0.122 e. The van der Waals surface area contributed by atoms with Crippen LogP contribution < -0.4 is 4.74 Å². The number of hydrogen-bond donors (Lipinski definition) is 0. The van der Waals surface area contributed by atoms with Crippen molar-refractivity contribution in [2.45, 2.75) is 40.0 Å². The number of allylic oxidation sites excluding steroid dienone is 2. The third-order valence-corrected chi connectivity index (χ3v) is 3.72. The predicted molar refractivity (Wildman–Crippen MR) is 73.6 cm³/mol. The molecule has 0 amide bonds. The minimum Gasteiger partial charge on any atom is -0.496 e. The summed E-state index contributed by atoms with van der Waals surface area (Å²) in [6, 6.07) is 4.51. The van der Waals surface area contributed by atoms with Crippen molar-refractivity contribution in [2.24, 2.45) is 5.92 Å². The van der Waals surface area contributed by atoms with Gasteiger partial charge in [0.2, 0.25) is 0 Å². The van der Waals surface area contributed by atoms with Gasteiger partial charge in [-0.25, -0.2) is 0 Å². The Morgan fingerprint density at radius 3 is 2.59 bits per heavy atom. The molecule has 2 unspecified atom stereocenters. The number of benzene rings is 1. The van der Waals surface area contributed by atoms with Gasteiger partial charge in [-0.2, -0.15) is 0 Å². The van der Waals surface area contributed by atoms with E-state index in [1.54, 1.807) is 7.11 Å². The van der Waals surface area contributed by atoms with Crippen molar-refractivity contribution in [1.29, 1.82) is 0 Å². The average Bonchev–Trinajstić information content (AvgIpc) is 2.28. The highest BCUT2D eigenvalue weighted by atomic mass is 16.5. The highest BCUT2D eigenvalue weighted by molar-refractivity contribution is 5.73. The van der Waals surface area contributed by atoms with Crippen molar-refractivity contribution in [2.75, 3.05) is 7.11 Å². The quantitative estimate of drug-likeness (QED) is 0.681. The van der Waals surface area contributed by atoms with E-state index >= 15 is 0 Å². The lowest BCUT2D eigenvalue weighted by Crippen LogP contribution is -2.08. The second kappa shape index (κ2) is 4.56. The number of rotatable bonds is 2. The fraction of sp³-hybridized carbons (Fsp3) is 0.500. The summed E-state index contributed by atoms with van der Waals surface area (Å²) >= 11 is 0. The third-order valence-electron chi connectivity index (χ3n) is 3.72. The molecule has 0 heterocycles. The van der Waals surface area contributed by atoms with E-state index in [2.05, 4.69) is 45.9 Å². The van der Waals surface area contributed by atoms with Gasteiger partial charge in [-0.05, 0) is 59.6 Å². The van der Waals surface area contributed by atoms with Crippen LogP contribution in [-0.4, -0.2) is 7.11 Å². The molecule has 92 valence electrons. The molecule has 2 atom stereocenters. The van der Waals surface area contributed by atoms with Crippen LogP contribution in [0.2, 0.25) is 0 Å². The van der Waals surface area contributed by atoms with Crippen molar-refractivity contribution in [3.8, 4) is 5.75 Å². The van der Waals surface area contributed by atoms with Gasteiger partial charge >= 0.3 is 0 Å². The van der Waals surface area contributed by atoms with E-state index in [4.69, 9.17) is 4.74 Å². The molecule has 0 aliphatic heterocycles. The Bertz CT molecular complexity index is 455. The summed E-state index contributed by atoms with van der Waals surface area (Å²) in [4.78, 5) is 0. The van der Waals surface area contributed by atoms with Crippen LogP contribution in [0.4, 0.5) is 0 Å². The lowest BCUT2D eigenvalue weighted by molar-refractivity contribution is 0.410. The Morgan fingerprint density at radius 2 is 2.00 bits per heavy atom. The van der Waals surface area contributed by atoms with E-state index in [0.717, 1.165) is 12.2 Å². The van der Waals surface area contributed by atoms with Gasteiger partial charge in [0.15, 0.2) is 0 Å². The Balaban J connectivity index is 2.58. The third kappa shape index (κ3) is 2.11. The highest BCUT2D eigenvalue weighted by Crippen LogP contribution is 2.40. The van der Waals surface area contributed by atoms with Gasteiger partial charge < -0.3 is 4.74 Å². The SMILES string of the molecule is CO[13c]1cc2c(cc1C)C(C(C)[13CH3])=C[13CH2]C2C. The molecule has 0 radical (unpaired) electrons. The van der Waals surface area contributed by atoms with Crippen molar-refractivity contribution in [3.63, 3.8) is 0 Å². The maximum absolute atomic E-state index is 5.44. The Kier molecular flexibility index (Phi) is 3.28. The molecule has 0 aromatic heterocycles. The Hall–Kier alpha value is -1.24. The molecule has 1 aromatic carbocycles. The molecule has 0 saturated heterocycles. The number of hydrogen-bond acceptors (Lipinski definition) is 1. The lowest BCUT2D eigenvalue weighted by Gasteiger charge is -2.26. The molecule has 0 saturated carbocycles. The van der Waals surface area contributed by atoms with Crippen LogP contribution in [0.15, 0.2) is 18.2 Å². The van der Waals surface area contributed by atoms with Gasteiger partial charge in [0.05, 0.1) is 7.11 Å². The highest BCUT2D eigenvalue weighted by Gasteiger charge is 2.21. The molecule has 0 spiro atoms. The molecular formula is C16H22O. The second-order valence-corrected chi connectivity index (χ2v) is 5.36. The minimum atomic E-state index is 0.592. The predicted octanol–water partition coefficient (Wildman–Crippen LogP) is 4.55.